The van der Waals surface area contributed by atoms with Crippen LogP contribution in [0, 0.1) is 17.6 Å². The lowest BCUT2D eigenvalue weighted by molar-refractivity contribution is -0.122. The summed E-state index contributed by atoms with van der Waals surface area (Å²) in [4.78, 5) is 25.8. The Labute approximate surface area is 142 Å². The molecule has 0 saturated carbocycles. The van der Waals surface area contributed by atoms with Gasteiger partial charge in [0, 0.05) is 23.7 Å². The first kappa shape index (κ1) is 16.4. The molecule has 1 N–H and O–H groups in total. The number of anilines is 2. The van der Waals surface area contributed by atoms with Crippen LogP contribution in [-0.2, 0) is 9.59 Å². The minimum Gasteiger partial charge on any atom is -0.321 e. The zero-order valence-corrected chi connectivity index (χ0v) is 13.2. The zero-order chi connectivity index (χ0) is 17.3. The van der Waals surface area contributed by atoms with Crippen LogP contribution in [0.5, 0.6) is 0 Å². The molecule has 1 atom stereocenters. The normalized spacial score (nSPS) is 17.2. The Hall–Kier alpha value is -2.47. The van der Waals surface area contributed by atoms with E-state index in [1.54, 1.807) is 24.3 Å². The van der Waals surface area contributed by atoms with Gasteiger partial charge in [-0.25, -0.2) is 8.78 Å². The molecule has 7 heteroatoms. The molecule has 0 aromatic heterocycles. The Bertz CT molecular complexity index is 793. The summed E-state index contributed by atoms with van der Waals surface area (Å²) in [6, 6.07) is 10.0. The molecule has 2 amide bonds. The molecular weight excluding hydrogens is 338 g/mol. The molecule has 0 bridgehead atoms. The van der Waals surface area contributed by atoms with Crippen LogP contribution in [0.1, 0.15) is 6.42 Å². The van der Waals surface area contributed by atoms with Gasteiger partial charge in [0.2, 0.25) is 11.8 Å². The average Bonchev–Trinajstić information content (AvgIpc) is 2.93. The summed E-state index contributed by atoms with van der Waals surface area (Å²) in [5.74, 6) is -3.27. The second-order valence-corrected chi connectivity index (χ2v) is 5.91. The molecule has 1 unspecified atom stereocenters. The smallest absolute Gasteiger partial charge is 0.229 e. The maximum atomic E-state index is 13.6. The number of para-hydroxylation sites is 1. The fourth-order valence-corrected chi connectivity index (χ4v) is 2.80. The lowest BCUT2D eigenvalue weighted by Gasteiger charge is -2.17. The molecule has 1 fully saturated rings. The van der Waals surface area contributed by atoms with Crippen molar-refractivity contribution in [2.24, 2.45) is 5.92 Å². The SMILES string of the molecule is O=C(Nc1c(F)cccc1F)C1CC(=O)N(c2cccc(Cl)c2)C1. The fraction of sp³-hybridized carbons (Fsp3) is 0.176. The summed E-state index contributed by atoms with van der Waals surface area (Å²) < 4.78 is 27.2. The molecule has 1 aliphatic rings. The van der Waals surface area contributed by atoms with E-state index in [2.05, 4.69) is 5.32 Å². The van der Waals surface area contributed by atoms with Crippen molar-refractivity contribution in [3.63, 3.8) is 0 Å². The van der Waals surface area contributed by atoms with E-state index >= 15 is 0 Å². The predicted octanol–water partition coefficient (Wildman–Crippen LogP) is 3.61. The van der Waals surface area contributed by atoms with Crippen LogP contribution in [0.3, 0.4) is 0 Å². The summed E-state index contributed by atoms with van der Waals surface area (Å²) >= 11 is 5.91. The summed E-state index contributed by atoms with van der Waals surface area (Å²) in [5.41, 5.74) is 0.0797. The van der Waals surface area contributed by atoms with E-state index in [1.807, 2.05) is 0 Å². The first-order valence-corrected chi connectivity index (χ1v) is 7.64. The maximum absolute atomic E-state index is 13.6. The number of carbonyl (C=O) groups is 2. The molecule has 2 aromatic rings. The van der Waals surface area contributed by atoms with Crippen molar-refractivity contribution in [2.75, 3.05) is 16.8 Å². The van der Waals surface area contributed by atoms with Gasteiger partial charge in [-0.05, 0) is 30.3 Å². The van der Waals surface area contributed by atoms with Gasteiger partial charge in [-0.1, -0.05) is 23.7 Å². The molecule has 1 heterocycles. The molecule has 4 nitrogen and oxygen atoms in total. The third-order valence-electron chi connectivity index (χ3n) is 3.83. The van der Waals surface area contributed by atoms with Gasteiger partial charge in [0.1, 0.15) is 17.3 Å². The van der Waals surface area contributed by atoms with Crippen molar-refractivity contribution in [1.29, 1.82) is 0 Å². The van der Waals surface area contributed by atoms with Gasteiger partial charge in [0.25, 0.3) is 0 Å². The van der Waals surface area contributed by atoms with Crippen LogP contribution in [0.2, 0.25) is 5.02 Å². The van der Waals surface area contributed by atoms with Crippen molar-refractivity contribution in [3.8, 4) is 0 Å². The van der Waals surface area contributed by atoms with Gasteiger partial charge in [-0.15, -0.1) is 0 Å². The first-order chi connectivity index (χ1) is 11.5. The average molecular weight is 351 g/mol. The number of amides is 2. The number of halogens is 3. The van der Waals surface area contributed by atoms with Crippen molar-refractivity contribution in [1.82, 2.24) is 0 Å². The van der Waals surface area contributed by atoms with Gasteiger partial charge >= 0.3 is 0 Å². The Morgan fingerprint density at radius 1 is 1.17 bits per heavy atom. The van der Waals surface area contributed by atoms with Crippen LogP contribution >= 0.6 is 11.6 Å². The number of hydrogen-bond donors (Lipinski definition) is 1. The molecular formula is C17H13ClF2N2O2. The second-order valence-electron chi connectivity index (χ2n) is 5.47. The number of carbonyl (C=O) groups excluding carboxylic acids is 2. The van der Waals surface area contributed by atoms with E-state index in [9.17, 15) is 18.4 Å². The zero-order valence-electron chi connectivity index (χ0n) is 12.4. The molecule has 124 valence electrons. The quantitative estimate of drug-likeness (QED) is 0.919. The van der Waals surface area contributed by atoms with Crippen molar-refractivity contribution >= 4 is 34.8 Å². The molecule has 1 saturated heterocycles. The van der Waals surface area contributed by atoms with Gasteiger partial charge in [-0.3, -0.25) is 9.59 Å². The van der Waals surface area contributed by atoms with Crippen molar-refractivity contribution in [3.05, 3.63) is 59.1 Å². The van der Waals surface area contributed by atoms with E-state index in [4.69, 9.17) is 11.6 Å². The molecule has 0 spiro atoms. The number of nitrogens with zero attached hydrogens (tertiary/aromatic N) is 1. The minimum atomic E-state index is -0.862. The van der Waals surface area contributed by atoms with Gasteiger partial charge in [0.15, 0.2) is 0 Å². The maximum Gasteiger partial charge on any atom is 0.229 e. The Balaban J connectivity index is 1.75. The lowest BCUT2D eigenvalue weighted by Crippen LogP contribution is -2.28. The van der Waals surface area contributed by atoms with Crippen LogP contribution in [-0.4, -0.2) is 18.4 Å². The monoisotopic (exact) mass is 350 g/mol. The summed E-state index contributed by atoms with van der Waals surface area (Å²) in [6.45, 7) is 0.126. The van der Waals surface area contributed by atoms with Crippen LogP contribution in [0.4, 0.5) is 20.2 Å². The highest BCUT2D eigenvalue weighted by molar-refractivity contribution is 6.31. The highest BCUT2D eigenvalue weighted by atomic mass is 35.5. The van der Waals surface area contributed by atoms with Crippen LogP contribution in [0.25, 0.3) is 0 Å². The highest BCUT2D eigenvalue weighted by Crippen LogP contribution is 2.28. The molecule has 0 aliphatic carbocycles. The van der Waals surface area contributed by atoms with Gasteiger partial charge in [0.05, 0.1) is 5.92 Å². The predicted molar refractivity (Wildman–Crippen MR) is 86.9 cm³/mol. The largest absolute Gasteiger partial charge is 0.321 e. The first-order valence-electron chi connectivity index (χ1n) is 7.26. The topological polar surface area (TPSA) is 49.4 Å². The Morgan fingerprint density at radius 2 is 1.83 bits per heavy atom. The van der Waals surface area contributed by atoms with E-state index < -0.39 is 29.1 Å². The molecule has 3 rings (SSSR count). The summed E-state index contributed by atoms with van der Waals surface area (Å²) in [7, 11) is 0. The summed E-state index contributed by atoms with van der Waals surface area (Å²) in [6.07, 6.45) is -0.0333. The third kappa shape index (κ3) is 3.23. The van der Waals surface area contributed by atoms with Crippen molar-refractivity contribution in [2.45, 2.75) is 6.42 Å². The van der Waals surface area contributed by atoms with Crippen LogP contribution < -0.4 is 10.2 Å². The molecule has 0 radical (unpaired) electrons. The Morgan fingerprint density at radius 3 is 2.50 bits per heavy atom. The van der Waals surface area contributed by atoms with Crippen LogP contribution in [0.15, 0.2) is 42.5 Å². The van der Waals surface area contributed by atoms with E-state index in [0.717, 1.165) is 12.1 Å². The van der Waals surface area contributed by atoms with E-state index in [-0.39, 0.29) is 18.9 Å². The second kappa shape index (κ2) is 6.57. The standard InChI is InChI=1S/C17H13ClF2N2O2/c18-11-3-1-4-12(8-11)22-9-10(7-15(22)23)17(24)21-16-13(19)5-2-6-14(16)20/h1-6,8,10H,7,9H2,(H,21,24). The minimum absolute atomic E-state index is 0.0333. The molecule has 24 heavy (non-hydrogen) atoms. The van der Waals surface area contributed by atoms with Crippen molar-refractivity contribution < 1.29 is 18.4 Å². The highest BCUT2D eigenvalue weighted by Gasteiger charge is 2.35. The summed E-state index contributed by atoms with van der Waals surface area (Å²) in [5, 5.41) is 2.70. The molecule has 1 aliphatic heterocycles. The number of benzene rings is 2. The van der Waals surface area contributed by atoms with Gasteiger partial charge < -0.3 is 10.2 Å². The number of hydrogen-bond acceptors (Lipinski definition) is 2. The number of nitrogens with one attached hydrogen (secondary N) is 1. The number of rotatable bonds is 3. The van der Waals surface area contributed by atoms with E-state index in [0.29, 0.717) is 10.7 Å². The van der Waals surface area contributed by atoms with E-state index in [1.165, 1.54) is 11.0 Å². The van der Waals surface area contributed by atoms with Gasteiger partial charge in [-0.2, -0.15) is 0 Å². The Kier molecular flexibility index (Phi) is 4.49. The lowest BCUT2D eigenvalue weighted by atomic mass is 10.1. The molecule has 2 aromatic carbocycles. The third-order valence-corrected chi connectivity index (χ3v) is 4.06. The fourth-order valence-electron chi connectivity index (χ4n) is 2.62.